The van der Waals surface area contributed by atoms with Gasteiger partial charge in [0.05, 0.1) is 0 Å². The third-order valence-corrected chi connectivity index (χ3v) is 6.14. The van der Waals surface area contributed by atoms with Gasteiger partial charge in [-0.2, -0.15) is 0 Å². The number of hydrogen-bond donors (Lipinski definition) is 1. The van der Waals surface area contributed by atoms with Gasteiger partial charge in [0.15, 0.2) is 0 Å². The Labute approximate surface area is 151 Å². The first-order valence-corrected chi connectivity index (χ1v) is 10.0. The van der Waals surface area contributed by atoms with Gasteiger partial charge >= 0.3 is 0 Å². The Kier molecular flexibility index (Phi) is 5.64. The van der Waals surface area contributed by atoms with Gasteiger partial charge in [0.25, 0.3) is 5.91 Å². The SMILES string of the molecule is CCN(CC)C1=NC2(CCN(C(=O)C3CCCCCC3)CC2)C(=O)N1. The topological polar surface area (TPSA) is 65.0 Å². The van der Waals surface area contributed by atoms with E-state index in [1.165, 1.54) is 25.7 Å². The minimum Gasteiger partial charge on any atom is -0.343 e. The number of carbonyl (C=O) groups excluding carboxylic acids is 2. The fourth-order valence-electron chi connectivity index (χ4n) is 4.39. The molecule has 2 amide bonds. The van der Waals surface area contributed by atoms with Crippen LogP contribution in [0.15, 0.2) is 4.99 Å². The Morgan fingerprint density at radius 3 is 2.32 bits per heavy atom. The average molecular weight is 348 g/mol. The molecule has 0 unspecified atom stereocenters. The first kappa shape index (κ1) is 18.2. The molecule has 0 aromatic carbocycles. The van der Waals surface area contributed by atoms with Crippen LogP contribution >= 0.6 is 0 Å². The van der Waals surface area contributed by atoms with Crippen LogP contribution in [0.5, 0.6) is 0 Å². The molecule has 2 aliphatic heterocycles. The molecule has 0 aromatic heterocycles. The van der Waals surface area contributed by atoms with Crippen molar-refractivity contribution in [2.75, 3.05) is 26.2 Å². The van der Waals surface area contributed by atoms with Gasteiger partial charge in [-0.3, -0.25) is 14.9 Å². The molecule has 1 N–H and O–H groups in total. The lowest BCUT2D eigenvalue weighted by Gasteiger charge is -2.37. The second-order valence-corrected chi connectivity index (χ2v) is 7.61. The van der Waals surface area contributed by atoms with Crippen molar-refractivity contribution in [2.45, 2.75) is 70.8 Å². The summed E-state index contributed by atoms with van der Waals surface area (Å²) in [6.07, 6.45) is 8.22. The van der Waals surface area contributed by atoms with E-state index in [1.807, 2.05) is 4.90 Å². The van der Waals surface area contributed by atoms with Gasteiger partial charge in [0.1, 0.15) is 5.54 Å². The number of guanidine groups is 1. The molecule has 6 nitrogen and oxygen atoms in total. The molecule has 140 valence electrons. The number of rotatable bonds is 3. The normalized spacial score (nSPS) is 24.0. The van der Waals surface area contributed by atoms with Crippen LogP contribution in [0, 0.1) is 5.92 Å². The Bertz CT molecular complexity index is 526. The van der Waals surface area contributed by atoms with Crippen molar-refractivity contribution in [2.24, 2.45) is 10.9 Å². The largest absolute Gasteiger partial charge is 0.343 e. The van der Waals surface area contributed by atoms with Crippen molar-refractivity contribution in [1.82, 2.24) is 15.1 Å². The van der Waals surface area contributed by atoms with E-state index in [4.69, 9.17) is 4.99 Å². The van der Waals surface area contributed by atoms with E-state index in [2.05, 4.69) is 24.1 Å². The predicted molar refractivity (Wildman–Crippen MR) is 98.2 cm³/mol. The van der Waals surface area contributed by atoms with Crippen LogP contribution in [-0.2, 0) is 9.59 Å². The summed E-state index contributed by atoms with van der Waals surface area (Å²) in [6.45, 7) is 7.10. The Morgan fingerprint density at radius 2 is 1.76 bits per heavy atom. The Balaban J connectivity index is 1.62. The number of aliphatic imine (C=N–C) groups is 1. The van der Waals surface area contributed by atoms with Crippen molar-refractivity contribution in [1.29, 1.82) is 0 Å². The van der Waals surface area contributed by atoms with E-state index in [-0.39, 0.29) is 11.8 Å². The summed E-state index contributed by atoms with van der Waals surface area (Å²) >= 11 is 0. The minimum absolute atomic E-state index is 0.0102. The first-order valence-electron chi connectivity index (χ1n) is 10.0. The van der Waals surface area contributed by atoms with Crippen LogP contribution in [0.4, 0.5) is 0 Å². The van der Waals surface area contributed by atoms with Gasteiger partial charge in [-0.05, 0) is 39.5 Å². The molecule has 0 atom stereocenters. The highest BCUT2D eigenvalue weighted by Crippen LogP contribution is 2.32. The predicted octanol–water partition coefficient (Wildman–Crippen LogP) is 2.15. The van der Waals surface area contributed by atoms with E-state index in [1.54, 1.807) is 0 Å². The first-order chi connectivity index (χ1) is 12.1. The third kappa shape index (κ3) is 3.67. The highest BCUT2D eigenvalue weighted by Gasteiger charge is 2.47. The molecular formula is C19H32N4O2. The van der Waals surface area contributed by atoms with Gasteiger partial charge in [0.2, 0.25) is 11.9 Å². The molecular weight excluding hydrogens is 316 g/mol. The number of amides is 2. The zero-order valence-corrected chi connectivity index (χ0v) is 15.7. The smallest absolute Gasteiger partial charge is 0.254 e. The monoisotopic (exact) mass is 348 g/mol. The summed E-state index contributed by atoms with van der Waals surface area (Å²) < 4.78 is 0. The van der Waals surface area contributed by atoms with Crippen molar-refractivity contribution < 1.29 is 9.59 Å². The van der Waals surface area contributed by atoms with Gasteiger partial charge < -0.3 is 9.80 Å². The van der Waals surface area contributed by atoms with Crippen molar-refractivity contribution >= 4 is 17.8 Å². The maximum atomic E-state index is 12.8. The van der Waals surface area contributed by atoms with Crippen molar-refractivity contribution in [3.8, 4) is 0 Å². The van der Waals surface area contributed by atoms with E-state index in [0.717, 1.165) is 25.9 Å². The van der Waals surface area contributed by atoms with Crippen LogP contribution < -0.4 is 5.32 Å². The van der Waals surface area contributed by atoms with Gasteiger partial charge in [-0.25, -0.2) is 4.99 Å². The zero-order chi connectivity index (χ0) is 17.9. The molecule has 1 aliphatic carbocycles. The zero-order valence-electron chi connectivity index (χ0n) is 15.7. The second-order valence-electron chi connectivity index (χ2n) is 7.61. The lowest BCUT2D eigenvalue weighted by molar-refractivity contribution is -0.139. The van der Waals surface area contributed by atoms with E-state index in [9.17, 15) is 9.59 Å². The number of hydrogen-bond acceptors (Lipinski definition) is 4. The molecule has 6 heteroatoms. The summed E-state index contributed by atoms with van der Waals surface area (Å²) in [6, 6.07) is 0. The molecule has 0 bridgehead atoms. The maximum Gasteiger partial charge on any atom is 0.254 e. The van der Waals surface area contributed by atoms with Crippen LogP contribution in [0.3, 0.4) is 0 Å². The van der Waals surface area contributed by atoms with Crippen LogP contribution in [0.1, 0.15) is 65.2 Å². The average Bonchev–Trinajstić information content (AvgIpc) is 2.82. The highest BCUT2D eigenvalue weighted by molar-refractivity contribution is 6.07. The van der Waals surface area contributed by atoms with E-state index in [0.29, 0.717) is 37.8 Å². The van der Waals surface area contributed by atoms with Gasteiger partial charge in [-0.15, -0.1) is 0 Å². The third-order valence-electron chi connectivity index (χ3n) is 6.14. The fraction of sp³-hybridized carbons (Fsp3) is 0.842. The molecule has 2 heterocycles. The Morgan fingerprint density at radius 1 is 1.16 bits per heavy atom. The molecule has 25 heavy (non-hydrogen) atoms. The molecule has 1 saturated heterocycles. The summed E-state index contributed by atoms with van der Waals surface area (Å²) in [5.41, 5.74) is -0.655. The number of nitrogens with zero attached hydrogens (tertiary/aromatic N) is 3. The van der Waals surface area contributed by atoms with Gasteiger partial charge in [0, 0.05) is 32.1 Å². The lowest BCUT2D eigenvalue weighted by atomic mass is 9.87. The van der Waals surface area contributed by atoms with E-state index < -0.39 is 5.54 Å². The van der Waals surface area contributed by atoms with Crippen LogP contribution in [0.2, 0.25) is 0 Å². The van der Waals surface area contributed by atoms with Crippen molar-refractivity contribution in [3.05, 3.63) is 0 Å². The maximum absolute atomic E-state index is 12.8. The second kappa shape index (κ2) is 7.75. The molecule has 3 rings (SSSR count). The molecule has 0 radical (unpaired) electrons. The number of likely N-dealkylation sites (tertiary alicyclic amines) is 1. The summed E-state index contributed by atoms with van der Waals surface area (Å²) in [5.74, 6) is 1.22. The standard InChI is InChI=1S/C19H32N4O2/c1-3-22(4-2)18-20-17(25)19(21-18)11-13-23(14-12-19)16(24)15-9-7-5-6-8-10-15/h15H,3-14H2,1-2H3,(H,20,21,25). The van der Waals surface area contributed by atoms with Crippen LogP contribution in [0.25, 0.3) is 0 Å². The van der Waals surface area contributed by atoms with Gasteiger partial charge in [-0.1, -0.05) is 25.7 Å². The molecule has 1 spiro atoms. The van der Waals surface area contributed by atoms with Crippen LogP contribution in [-0.4, -0.2) is 59.3 Å². The highest BCUT2D eigenvalue weighted by atomic mass is 16.2. The summed E-state index contributed by atoms with van der Waals surface area (Å²) in [4.78, 5) is 34.2. The molecule has 3 aliphatic rings. The van der Waals surface area contributed by atoms with E-state index >= 15 is 0 Å². The van der Waals surface area contributed by atoms with Crippen molar-refractivity contribution in [3.63, 3.8) is 0 Å². The minimum atomic E-state index is -0.655. The number of nitrogens with one attached hydrogen (secondary N) is 1. The number of piperidine rings is 1. The molecule has 2 fully saturated rings. The summed E-state index contributed by atoms with van der Waals surface area (Å²) in [7, 11) is 0. The lowest BCUT2D eigenvalue weighted by Crippen LogP contribution is -2.51. The summed E-state index contributed by atoms with van der Waals surface area (Å²) in [5, 5.41) is 2.97. The fourth-order valence-corrected chi connectivity index (χ4v) is 4.39. The quantitative estimate of drug-likeness (QED) is 0.795. The number of carbonyl (C=O) groups is 2. The molecule has 0 aromatic rings. The Hall–Kier alpha value is -1.59. The molecule has 1 saturated carbocycles.